The molecule has 98 valence electrons. The summed E-state index contributed by atoms with van der Waals surface area (Å²) >= 11 is 1.70. The van der Waals surface area contributed by atoms with Gasteiger partial charge in [0, 0.05) is 17.8 Å². The van der Waals surface area contributed by atoms with Gasteiger partial charge in [-0.15, -0.1) is 11.3 Å². The molecule has 0 saturated carbocycles. The van der Waals surface area contributed by atoms with E-state index in [4.69, 9.17) is 0 Å². The highest BCUT2D eigenvalue weighted by Gasteiger charge is 2.18. The lowest BCUT2D eigenvalue weighted by atomic mass is 10.1. The first-order valence-corrected chi connectivity index (χ1v) is 7.14. The van der Waals surface area contributed by atoms with E-state index in [0.29, 0.717) is 0 Å². The highest BCUT2D eigenvalue weighted by atomic mass is 32.1. The molecule has 0 aromatic carbocycles. The second-order valence-electron chi connectivity index (χ2n) is 4.11. The van der Waals surface area contributed by atoms with Crippen LogP contribution in [0, 0.1) is 6.92 Å². The molecule has 5 nitrogen and oxygen atoms in total. The fourth-order valence-corrected chi connectivity index (χ4v) is 2.92. The molecule has 0 bridgehead atoms. The van der Waals surface area contributed by atoms with E-state index in [0.717, 1.165) is 31.0 Å². The second kappa shape index (κ2) is 6.06. The van der Waals surface area contributed by atoms with Crippen LogP contribution in [-0.2, 0) is 13.0 Å². The summed E-state index contributed by atoms with van der Waals surface area (Å²) in [6.45, 7) is 8.05. The minimum Gasteiger partial charge on any atom is -0.309 e. The molecule has 2 aromatic heterocycles. The zero-order valence-electron chi connectivity index (χ0n) is 11.1. The third kappa shape index (κ3) is 2.76. The predicted octanol–water partition coefficient (Wildman–Crippen LogP) is 1.96. The molecular formula is C12H19N5S. The Balaban J connectivity index is 2.19. The van der Waals surface area contributed by atoms with Gasteiger partial charge in [-0.1, -0.05) is 6.92 Å². The van der Waals surface area contributed by atoms with E-state index in [1.165, 1.54) is 4.88 Å². The van der Waals surface area contributed by atoms with Crippen LogP contribution in [0.4, 0.5) is 0 Å². The van der Waals surface area contributed by atoms with Crippen molar-refractivity contribution in [3.63, 3.8) is 0 Å². The van der Waals surface area contributed by atoms with Gasteiger partial charge in [0.15, 0.2) is 0 Å². The van der Waals surface area contributed by atoms with Crippen LogP contribution in [0.2, 0.25) is 0 Å². The monoisotopic (exact) mass is 265 g/mol. The Kier molecular flexibility index (Phi) is 4.43. The molecule has 2 rings (SSSR count). The molecule has 0 amide bonds. The molecule has 0 aliphatic carbocycles. The van der Waals surface area contributed by atoms with Crippen molar-refractivity contribution in [2.75, 3.05) is 6.54 Å². The van der Waals surface area contributed by atoms with Crippen molar-refractivity contribution in [1.29, 1.82) is 0 Å². The number of rotatable bonds is 6. The number of hydrogen-bond donors (Lipinski definition) is 1. The third-order valence-electron chi connectivity index (χ3n) is 2.93. The van der Waals surface area contributed by atoms with Crippen LogP contribution < -0.4 is 5.32 Å². The molecule has 0 radical (unpaired) electrons. The first-order valence-electron chi connectivity index (χ1n) is 6.26. The second-order valence-corrected chi connectivity index (χ2v) is 4.99. The lowest BCUT2D eigenvalue weighted by Crippen LogP contribution is -2.24. The number of hydrogen-bond acceptors (Lipinski definition) is 5. The van der Waals surface area contributed by atoms with E-state index in [2.05, 4.69) is 41.2 Å². The molecule has 18 heavy (non-hydrogen) atoms. The lowest BCUT2D eigenvalue weighted by molar-refractivity contribution is 0.513. The molecule has 1 N–H and O–H groups in total. The normalized spacial score (nSPS) is 12.8. The summed E-state index contributed by atoms with van der Waals surface area (Å²) in [5, 5.41) is 7.72. The average Bonchev–Trinajstić information content (AvgIpc) is 2.97. The van der Waals surface area contributed by atoms with Crippen molar-refractivity contribution >= 4 is 11.3 Å². The lowest BCUT2D eigenvalue weighted by Gasteiger charge is -2.16. The van der Waals surface area contributed by atoms with Crippen LogP contribution >= 0.6 is 11.3 Å². The maximum absolute atomic E-state index is 4.34. The highest BCUT2D eigenvalue weighted by Crippen LogP contribution is 2.24. The van der Waals surface area contributed by atoms with Gasteiger partial charge in [-0.05, 0) is 20.4 Å². The van der Waals surface area contributed by atoms with Crippen molar-refractivity contribution in [2.45, 2.75) is 39.8 Å². The van der Waals surface area contributed by atoms with E-state index in [1.807, 2.05) is 10.2 Å². The van der Waals surface area contributed by atoms with Gasteiger partial charge in [0.25, 0.3) is 0 Å². The fraction of sp³-hybridized carbons (Fsp3) is 0.583. The summed E-state index contributed by atoms with van der Waals surface area (Å²) < 4.78 is 1.95. The summed E-state index contributed by atoms with van der Waals surface area (Å²) in [4.78, 5) is 9.97. The molecule has 6 heteroatoms. The van der Waals surface area contributed by atoms with Gasteiger partial charge < -0.3 is 5.32 Å². The molecule has 0 aliphatic rings. The van der Waals surface area contributed by atoms with Crippen molar-refractivity contribution in [1.82, 2.24) is 25.1 Å². The Morgan fingerprint density at radius 2 is 2.22 bits per heavy atom. The van der Waals surface area contributed by atoms with Gasteiger partial charge >= 0.3 is 0 Å². The largest absolute Gasteiger partial charge is 0.309 e. The number of nitrogens with zero attached hydrogens (tertiary/aromatic N) is 4. The number of thiazole rings is 1. The van der Waals surface area contributed by atoms with Crippen LogP contribution in [0.3, 0.4) is 0 Å². The summed E-state index contributed by atoms with van der Waals surface area (Å²) in [6, 6.07) is 0.275. The third-order valence-corrected chi connectivity index (χ3v) is 3.98. The summed E-state index contributed by atoms with van der Waals surface area (Å²) in [5.74, 6) is 1.02. The van der Waals surface area contributed by atoms with E-state index >= 15 is 0 Å². The average molecular weight is 265 g/mol. The molecule has 0 saturated heterocycles. The molecule has 2 aromatic rings. The Labute approximate surface area is 111 Å². The van der Waals surface area contributed by atoms with Crippen molar-refractivity contribution < 1.29 is 0 Å². The Morgan fingerprint density at radius 1 is 1.39 bits per heavy atom. The van der Waals surface area contributed by atoms with Crippen LogP contribution in [0.25, 0.3) is 0 Å². The molecular weight excluding hydrogens is 246 g/mol. The first-order chi connectivity index (χ1) is 8.76. The predicted molar refractivity (Wildman–Crippen MR) is 72.7 cm³/mol. The van der Waals surface area contributed by atoms with E-state index in [-0.39, 0.29) is 6.04 Å². The number of nitrogens with one attached hydrogen (secondary N) is 1. The van der Waals surface area contributed by atoms with Gasteiger partial charge in [-0.2, -0.15) is 5.10 Å². The summed E-state index contributed by atoms with van der Waals surface area (Å²) in [5.41, 5.74) is 3.01. The van der Waals surface area contributed by atoms with E-state index in [9.17, 15) is 0 Å². The fourth-order valence-electron chi connectivity index (χ4n) is 2.04. The molecule has 0 aliphatic heterocycles. The van der Waals surface area contributed by atoms with Crippen molar-refractivity contribution in [3.8, 4) is 0 Å². The van der Waals surface area contributed by atoms with Gasteiger partial charge in [0.2, 0.25) is 0 Å². The summed E-state index contributed by atoms with van der Waals surface area (Å²) in [7, 11) is 0. The Morgan fingerprint density at radius 3 is 2.83 bits per heavy atom. The zero-order valence-corrected chi connectivity index (χ0v) is 11.9. The summed E-state index contributed by atoms with van der Waals surface area (Å²) in [6.07, 6.45) is 2.48. The minimum atomic E-state index is 0.275. The maximum Gasteiger partial charge on any atom is 0.138 e. The van der Waals surface area contributed by atoms with Crippen LogP contribution in [0.1, 0.15) is 36.3 Å². The molecule has 1 unspecified atom stereocenters. The van der Waals surface area contributed by atoms with Crippen LogP contribution in [0.15, 0.2) is 11.8 Å². The molecule has 0 spiro atoms. The van der Waals surface area contributed by atoms with E-state index in [1.54, 1.807) is 17.7 Å². The van der Waals surface area contributed by atoms with Gasteiger partial charge in [0.05, 0.1) is 17.2 Å². The topological polar surface area (TPSA) is 55.6 Å². The van der Waals surface area contributed by atoms with Crippen molar-refractivity contribution in [2.24, 2.45) is 0 Å². The Hall–Kier alpha value is -1.27. The quantitative estimate of drug-likeness (QED) is 0.867. The minimum absolute atomic E-state index is 0.275. The zero-order chi connectivity index (χ0) is 13.0. The Bertz CT molecular complexity index is 490. The smallest absolute Gasteiger partial charge is 0.138 e. The SMILES string of the molecule is CCNC(Cc1ncnn1CC)c1scnc1C. The number of aromatic nitrogens is 4. The maximum atomic E-state index is 4.34. The van der Waals surface area contributed by atoms with Gasteiger partial charge in [-0.3, -0.25) is 4.68 Å². The molecule has 2 heterocycles. The number of aryl methyl sites for hydroxylation is 2. The first kappa shape index (κ1) is 13.2. The van der Waals surface area contributed by atoms with Gasteiger partial charge in [-0.25, -0.2) is 9.97 Å². The van der Waals surface area contributed by atoms with E-state index < -0.39 is 0 Å². The van der Waals surface area contributed by atoms with Crippen molar-refractivity contribution in [3.05, 3.63) is 28.2 Å². The van der Waals surface area contributed by atoms with Gasteiger partial charge in [0.1, 0.15) is 12.2 Å². The molecule has 0 fully saturated rings. The standard InChI is InChI=1S/C12H19N5S/c1-4-13-10(12-9(3)15-8-18-12)6-11-14-7-16-17(11)5-2/h7-8,10,13H,4-6H2,1-3H3. The highest BCUT2D eigenvalue weighted by molar-refractivity contribution is 7.09. The molecule has 1 atom stereocenters. The van der Waals surface area contributed by atoms with Crippen LogP contribution in [0.5, 0.6) is 0 Å². The number of likely N-dealkylation sites (N-methyl/N-ethyl adjacent to an activating group) is 1. The van der Waals surface area contributed by atoms with Crippen LogP contribution in [-0.4, -0.2) is 26.3 Å².